The standard InChI is InChI=1S/C19H23N3O4.ClH/c20-15-4-1-2-5-16(15)26-13-8-9-14-12(10-13)11-21(19(14)25)22-17(23)6-3-7-18(22)24;/h8-10,15-16H,1-7,11,20H2;1H/t15-,16-;/m0./s1. The van der Waals surface area contributed by atoms with Gasteiger partial charge in [-0.15, -0.1) is 12.4 Å². The molecule has 1 saturated heterocycles. The first-order chi connectivity index (χ1) is 12.5. The molecule has 3 aliphatic rings. The molecule has 2 atom stereocenters. The van der Waals surface area contributed by atoms with E-state index >= 15 is 0 Å². The van der Waals surface area contributed by atoms with E-state index in [1.165, 1.54) is 5.01 Å². The van der Waals surface area contributed by atoms with Crippen molar-refractivity contribution in [2.75, 3.05) is 0 Å². The molecule has 0 radical (unpaired) electrons. The van der Waals surface area contributed by atoms with Crippen LogP contribution in [0.2, 0.25) is 0 Å². The molecule has 7 nitrogen and oxygen atoms in total. The summed E-state index contributed by atoms with van der Waals surface area (Å²) in [6, 6.07) is 5.33. The first-order valence-electron chi connectivity index (χ1n) is 9.27. The molecule has 27 heavy (non-hydrogen) atoms. The normalized spacial score (nSPS) is 25.3. The Hall–Kier alpha value is -2.12. The zero-order valence-corrected chi connectivity index (χ0v) is 15.9. The highest BCUT2D eigenvalue weighted by molar-refractivity contribution is 6.04. The highest BCUT2D eigenvalue weighted by atomic mass is 35.5. The van der Waals surface area contributed by atoms with Crippen LogP contribution in [0.15, 0.2) is 18.2 Å². The molecule has 0 aromatic heterocycles. The summed E-state index contributed by atoms with van der Waals surface area (Å²) in [5.74, 6) is -0.263. The fourth-order valence-electron chi connectivity index (χ4n) is 3.97. The van der Waals surface area contributed by atoms with Crippen molar-refractivity contribution in [2.45, 2.75) is 63.6 Å². The molecule has 8 heteroatoms. The minimum atomic E-state index is -0.315. The van der Waals surface area contributed by atoms with Gasteiger partial charge in [-0.05, 0) is 49.4 Å². The Morgan fingerprint density at radius 3 is 2.41 bits per heavy atom. The van der Waals surface area contributed by atoms with Gasteiger partial charge in [0.05, 0.1) is 6.54 Å². The third-order valence-corrected chi connectivity index (χ3v) is 5.40. The summed E-state index contributed by atoms with van der Waals surface area (Å²) < 4.78 is 6.05. The Balaban J connectivity index is 0.00000210. The second-order valence-electron chi connectivity index (χ2n) is 7.24. The smallest absolute Gasteiger partial charge is 0.273 e. The highest BCUT2D eigenvalue weighted by Gasteiger charge is 2.39. The Labute approximate surface area is 164 Å². The topological polar surface area (TPSA) is 92.9 Å². The first-order valence-corrected chi connectivity index (χ1v) is 9.27. The van der Waals surface area contributed by atoms with Crippen molar-refractivity contribution in [3.05, 3.63) is 29.3 Å². The Bertz CT molecular complexity index is 753. The van der Waals surface area contributed by atoms with Crippen LogP contribution in [0.25, 0.3) is 0 Å². The molecule has 3 amide bonds. The molecule has 0 unspecified atom stereocenters. The van der Waals surface area contributed by atoms with E-state index in [-0.39, 0.29) is 48.8 Å². The van der Waals surface area contributed by atoms with Crippen LogP contribution in [0.4, 0.5) is 0 Å². The molecule has 1 aromatic rings. The summed E-state index contributed by atoms with van der Waals surface area (Å²) in [4.78, 5) is 36.9. The molecule has 2 N–H and O–H groups in total. The summed E-state index contributed by atoms with van der Waals surface area (Å²) in [7, 11) is 0. The Morgan fingerprint density at radius 2 is 1.70 bits per heavy atom. The van der Waals surface area contributed by atoms with E-state index in [1.54, 1.807) is 12.1 Å². The van der Waals surface area contributed by atoms with Crippen LogP contribution >= 0.6 is 12.4 Å². The molecule has 1 aliphatic carbocycles. The molecule has 146 valence electrons. The predicted octanol–water partition coefficient (Wildman–Crippen LogP) is 2.17. The van der Waals surface area contributed by atoms with E-state index in [9.17, 15) is 14.4 Å². The minimum absolute atomic E-state index is 0. The van der Waals surface area contributed by atoms with Gasteiger partial charge < -0.3 is 10.5 Å². The molecule has 2 heterocycles. The monoisotopic (exact) mass is 393 g/mol. The number of hydrazine groups is 1. The number of ether oxygens (including phenoxy) is 1. The maximum absolute atomic E-state index is 12.7. The van der Waals surface area contributed by atoms with Gasteiger partial charge in [-0.2, -0.15) is 5.01 Å². The number of carbonyl (C=O) groups is 3. The van der Waals surface area contributed by atoms with Gasteiger partial charge in [0.2, 0.25) is 11.8 Å². The fourth-order valence-corrected chi connectivity index (χ4v) is 3.97. The maximum Gasteiger partial charge on any atom is 0.273 e. The van der Waals surface area contributed by atoms with Crippen molar-refractivity contribution < 1.29 is 19.1 Å². The van der Waals surface area contributed by atoms with Crippen LogP contribution in [0.3, 0.4) is 0 Å². The van der Waals surface area contributed by atoms with E-state index in [0.29, 0.717) is 30.6 Å². The van der Waals surface area contributed by atoms with Gasteiger partial charge >= 0.3 is 0 Å². The summed E-state index contributed by atoms with van der Waals surface area (Å²) in [6.45, 7) is 0.208. The van der Waals surface area contributed by atoms with Gasteiger partial charge in [0, 0.05) is 24.4 Å². The van der Waals surface area contributed by atoms with E-state index in [1.807, 2.05) is 6.07 Å². The van der Waals surface area contributed by atoms with Crippen LogP contribution in [-0.2, 0) is 16.1 Å². The Kier molecular flexibility index (Phi) is 5.72. The van der Waals surface area contributed by atoms with Crippen LogP contribution in [0.5, 0.6) is 5.75 Å². The van der Waals surface area contributed by atoms with Gasteiger partial charge in [-0.1, -0.05) is 6.42 Å². The lowest BCUT2D eigenvalue weighted by Gasteiger charge is -2.32. The molecule has 2 aliphatic heterocycles. The first kappa shape index (κ1) is 19.6. The van der Waals surface area contributed by atoms with Crippen molar-refractivity contribution in [1.29, 1.82) is 0 Å². The number of carbonyl (C=O) groups excluding carboxylic acids is 3. The van der Waals surface area contributed by atoms with Crippen molar-refractivity contribution in [3.8, 4) is 5.75 Å². The molecule has 2 fully saturated rings. The lowest BCUT2D eigenvalue weighted by molar-refractivity contribution is -0.163. The van der Waals surface area contributed by atoms with E-state index in [2.05, 4.69) is 0 Å². The van der Waals surface area contributed by atoms with Gasteiger partial charge in [0.15, 0.2) is 0 Å². The zero-order valence-electron chi connectivity index (χ0n) is 15.1. The SMILES string of the molecule is Cl.N[C@H]1CCCC[C@@H]1Oc1ccc2c(c1)CN(N1C(=O)CCCC1=O)C2=O. The third kappa shape index (κ3) is 3.66. The number of imide groups is 1. The number of hydrogen-bond acceptors (Lipinski definition) is 5. The third-order valence-electron chi connectivity index (χ3n) is 5.40. The van der Waals surface area contributed by atoms with Crippen molar-refractivity contribution in [3.63, 3.8) is 0 Å². The lowest BCUT2D eigenvalue weighted by Crippen LogP contribution is -2.51. The summed E-state index contributed by atoms with van der Waals surface area (Å²) in [5.41, 5.74) is 7.42. The largest absolute Gasteiger partial charge is 0.489 e. The second kappa shape index (κ2) is 7.86. The number of rotatable bonds is 3. The number of nitrogens with two attached hydrogens (primary N) is 1. The molecule has 1 saturated carbocycles. The van der Waals surface area contributed by atoms with Crippen molar-refractivity contribution in [1.82, 2.24) is 10.0 Å². The summed E-state index contributed by atoms with van der Waals surface area (Å²) >= 11 is 0. The molecule has 0 bridgehead atoms. The fraction of sp³-hybridized carbons (Fsp3) is 0.526. The average molecular weight is 394 g/mol. The molecule has 4 rings (SSSR count). The molecule has 0 spiro atoms. The zero-order chi connectivity index (χ0) is 18.3. The lowest BCUT2D eigenvalue weighted by atomic mass is 9.93. The van der Waals surface area contributed by atoms with Gasteiger partial charge in [0.25, 0.3) is 5.91 Å². The van der Waals surface area contributed by atoms with E-state index < -0.39 is 0 Å². The Morgan fingerprint density at radius 1 is 1.00 bits per heavy atom. The van der Waals surface area contributed by atoms with E-state index in [4.69, 9.17) is 10.5 Å². The molecule has 1 aromatic carbocycles. The minimum Gasteiger partial charge on any atom is -0.489 e. The van der Waals surface area contributed by atoms with Crippen LogP contribution in [0, 0.1) is 0 Å². The van der Waals surface area contributed by atoms with Crippen LogP contribution < -0.4 is 10.5 Å². The van der Waals surface area contributed by atoms with Crippen LogP contribution in [-0.4, -0.2) is 39.9 Å². The van der Waals surface area contributed by atoms with Gasteiger partial charge in [-0.3, -0.25) is 14.4 Å². The van der Waals surface area contributed by atoms with Crippen molar-refractivity contribution >= 4 is 30.1 Å². The highest BCUT2D eigenvalue weighted by Crippen LogP contribution is 2.31. The molecular weight excluding hydrogens is 370 g/mol. The predicted molar refractivity (Wildman–Crippen MR) is 100 cm³/mol. The number of hydrogen-bond donors (Lipinski definition) is 1. The second-order valence-corrected chi connectivity index (χ2v) is 7.24. The summed E-state index contributed by atoms with van der Waals surface area (Å²) in [6.07, 6.45) is 5.24. The number of nitrogens with zero attached hydrogens (tertiary/aromatic N) is 2. The van der Waals surface area contributed by atoms with Crippen molar-refractivity contribution in [2.24, 2.45) is 5.73 Å². The number of amides is 3. The van der Waals surface area contributed by atoms with Crippen LogP contribution in [0.1, 0.15) is 60.9 Å². The van der Waals surface area contributed by atoms with Gasteiger partial charge in [0.1, 0.15) is 11.9 Å². The number of fused-ring (bicyclic) bond motifs is 1. The maximum atomic E-state index is 12.7. The van der Waals surface area contributed by atoms with Gasteiger partial charge in [-0.25, -0.2) is 5.01 Å². The number of halogens is 1. The number of benzene rings is 1. The average Bonchev–Trinajstić information content (AvgIpc) is 2.93. The number of piperidine rings is 1. The van der Waals surface area contributed by atoms with E-state index in [0.717, 1.165) is 36.3 Å². The summed E-state index contributed by atoms with van der Waals surface area (Å²) in [5, 5.41) is 2.27. The molecular formula is C19H24ClN3O4. The quantitative estimate of drug-likeness (QED) is 0.794.